The van der Waals surface area contributed by atoms with Gasteiger partial charge in [0.1, 0.15) is 0 Å². The molecule has 1 aromatic carbocycles. The van der Waals surface area contributed by atoms with Crippen LogP contribution in [0.15, 0.2) is 29.3 Å². The molecule has 1 saturated carbocycles. The van der Waals surface area contributed by atoms with Crippen molar-refractivity contribution in [2.24, 2.45) is 4.99 Å². The van der Waals surface area contributed by atoms with E-state index in [1.807, 2.05) is 11.8 Å². The Morgan fingerprint density at radius 3 is 2.66 bits per heavy atom. The van der Waals surface area contributed by atoms with Crippen molar-refractivity contribution in [3.63, 3.8) is 0 Å². The van der Waals surface area contributed by atoms with Gasteiger partial charge in [0.2, 0.25) is 5.91 Å². The van der Waals surface area contributed by atoms with Crippen LogP contribution in [0, 0.1) is 0 Å². The lowest BCUT2D eigenvalue weighted by Gasteiger charge is -2.22. The van der Waals surface area contributed by atoms with E-state index >= 15 is 0 Å². The smallest absolute Gasteiger partial charge is 0.356 e. The number of aliphatic imine (C=N–C) groups is 1. The van der Waals surface area contributed by atoms with Crippen LogP contribution in [-0.4, -0.2) is 49.5 Å². The number of carbonyl (C=O) groups is 1. The summed E-state index contributed by atoms with van der Waals surface area (Å²) in [5.74, 6) is 0.766. The molecule has 1 amide bonds. The Labute approximate surface area is 186 Å². The summed E-state index contributed by atoms with van der Waals surface area (Å²) in [6, 6.07) is 5.74. The monoisotopic (exact) mass is 524 g/mol. The minimum atomic E-state index is -4.33. The van der Waals surface area contributed by atoms with Gasteiger partial charge < -0.3 is 15.5 Å². The molecule has 0 bridgehead atoms. The molecule has 1 unspecified atom stereocenters. The fourth-order valence-corrected chi connectivity index (χ4v) is 3.71. The third-order valence-corrected chi connectivity index (χ3v) is 5.66. The normalized spacial score (nSPS) is 20.8. The first-order valence-corrected chi connectivity index (χ1v) is 9.70. The van der Waals surface area contributed by atoms with Gasteiger partial charge in [0.25, 0.3) is 0 Å². The van der Waals surface area contributed by atoms with Crippen molar-refractivity contribution in [3.05, 3.63) is 35.4 Å². The molecule has 1 saturated heterocycles. The van der Waals surface area contributed by atoms with Crippen LogP contribution in [-0.2, 0) is 16.4 Å². The summed E-state index contributed by atoms with van der Waals surface area (Å²) in [5.41, 5.74) is -0.171. The van der Waals surface area contributed by atoms with Crippen LogP contribution in [0.3, 0.4) is 0 Å². The minimum absolute atomic E-state index is 0. The molecular formula is C20H28F3IN4O. The van der Waals surface area contributed by atoms with E-state index in [9.17, 15) is 18.0 Å². The van der Waals surface area contributed by atoms with Gasteiger partial charge in [-0.3, -0.25) is 9.79 Å². The molecule has 2 N–H and O–H groups in total. The number of rotatable bonds is 5. The summed E-state index contributed by atoms with van der Waals surface area (Å²) in [4.78, 5) is 17.9. The fraction of sp³-hybridized carbons (Fsp3) is 0.600. The number of halogens is 4. The lowest BCUT2D eigenvalue weighted by atomic mass is 9.94. The van der Waals surface area contributed by atoms with Crippen molar-refractivity contribution >= 4 is 35.8 Å². The molecule has 29 heavy (non-hydrogen) atoms. The molecule has 2 fully saturated rings. The first kappa shape index (κ1) is 23.8. The lowest BCUT2D eigenvalue weighted by Crippen LogP contribution is -2.47. The number of hydrogen-bond donors (Lipinski definition) is 2. The molecule has 5 nitrogen and oxygen atoms in total. The Morgan fingerprint density at radius 2 is 2.07 bits per heavy atom. The zero-order valence-corrected chi connectivity index (χ0v) is 19.0. The number of nitrogens with zero attached hydrogens (tertiary/aromatic N) is 2. The average Bonchev–Trinajstić information content (AvgIpc) is 3.34. The molecule has 162 valence electrons. The Hall–Kier alpha value is -1.52. The van der Waals surface area contributed by atoms with E-state index in [1.165, 1.54) is 12.1 Å². The highest BCUT2D eigenvalue weighted by Crippen LogP contribution is 2.48. The molecule has 0 spiro atoms. The van der Waals surface area contributed by atoms with Gasteiger partial charge in [0, 0.05) is 44.6 Å². The molecule has 2 aliphatic rings. The van der Waals surface area contributed by atoms with Crippen LogP contribution in [0.1, 0.15) is 43.7 Å². The second-order valence-electron chi connectivity index (χ2n) is 7.61. The maximum absolute atomic E-state index is 13.0. The van der Waals surface area contributed by atoms with Crippen LogP contribution in [0.4, 0.5) is 13.2 Å². The van der Waals surface area contributed by atoms with Crippen LogP contribution in [0.5, 0.6) is 0 Å². The molecule has 1 heterocycles. The first-order chi connectivity index (χ1) is 13.3. The van der Waals surface area contributed by atoms with Crippen molar-refractivity contribution in [3.8, 4) is 0 Å². The first-order valence-electron chi connectivity index (χ1n) is 9.70. The van der Waals surface area contributed by atoms with Crippen LogP contribution in [0.25, 0.3) is 0 Å². The summed E-state index contributed by atoms with van der Waals surface area (Å²) >= 11 is 0. The van der Waals surface area contributed by atoms with Gasteiger partial charge in [0.15, 0.2) is 5.96 Å². The topological polar surface area (TPSA) is 56.7 Å². The van der Waals surface area contributed by atoms with Gasteiger partial charge in [-0.1, -0.05) is 25.1 Å². The predicted octanol–water partition coefficient (Wildman–Crippen LogP) is 3.53. The summed E-state index contributed by atoms with van der Waals surface area (Å²) < 4.78 is 39.0. The summed E-state index contributed by atoms with van der Waals surface area (Å²) in [7, 11) is 1.67. The van der Waals surface area contributed by atoms with E-state index in [2.05, 4.69) is 15.6 Å². The van der Waals surface area contributed by atoms with Gasteiger partial charge in [-0.2, -0.15) is 13.2 Å². The van der Waals surface area contributed by atoms with Crippen molar-refractivity contribution in [2.75, 3.05) is 26.7 Å². The van der Waals surface area contributed by atoms with E-state index in [0.717, 1.165) is 31.9 Å². The molecule has 1 aliphatic carbocycles. The van der Waals surface area contributed by atoms with Crippen LogP contribution < -0.4 is 10.6 Å². The van der Waals surface area contributed by atoms with Gasteiger partial charge in [-0.05, 0) is 30.9 Å². The molecule has 0 aromatic heterocycles. The number of likely N-dealkylation sites (tertiary alicyclic amines) is 1. The van der Waals surface area contributed by atoms with E-state index in [-0.39, 0.29) is 41.3 Å². The number of alkyl halides is 3. The summed E-state index contributed by atoms with van der Waals surface area (Å²) in [6.45, 7) is 3.76. The van der Waals surface area contributed by atoms with Gasteiger partial charge >= 0.3 is 6.18 Å². The number of nitrogens with one attached hydrogen (secondary N) is 2. The second kappa shape index (κ2) is 9.53. The standard InChI is InChI=1S/C20H27F3N4O.HI/c1-3-17(28)27-10-7-16(12-27)26-18(24-2)25-13-19(8-9-19)14-5-4-6-15(11-14)20(21,22)23;/h4-6,11,16H,3,7-10,12-13H2,1-2H3,(H2,24,25,26);1H. The Morgan fingerprint density at radius 1 is 1.34 bits per heavy atom. The number of amides is 1. The summed E-state index contributed by atoms with van der Waals surface area (Å²) in [6.07, 6.45) is -1.28. The largest absolute Gasteiger partial charge is 0.416 e. The second-order valence-corrected chi connectivity index (χ2v) is 7.61. The number of benzene rings is 1. The van der Waals surface area contributed by atoms with Gasteiger partial charge in [-0.15, -0.1) is 24.0 Å². The quantitative estimate of drug-likeness (QED) is 0.352. The Bertz CT molecular complexity index is 749. The molecule has 0 radical (unpaired) electrons. The lowest BCUT2D eigenvalue weighted by molar-refractivity contribution is -0.137. The molecule has 1 atom stereocenters. The molecular weight excluding hydrogens is 496 g/mol. The third-order valence-electron chi connectivity index (χ3n) is 5.66. The fourth-order valence-electron chi connectivity index (χ4n) is 3.71. The number of hydrogen-bond acceptors (Lipinski definition) is 2. The van der Waals surface area contributed by atoms with E-state index in [1.54, 1.807) is 13.1 Å². The number of guanidine groups is 1. The molecule has 1 aliphatic heterocycles. The highest BCUT2D eigenvalue weighted by atomic mass is 127. The van der Waals surface area contributed by atoms with Crippen molar-refractivity contribution < 1.29 is 18.0 Å². The predicted molar refractivity (Wildman–Crippen MR) is 118 cm³/mol. The Balaban J connectivity index is 0.00000300. The van der Waals surface area contributed by atoms with Gasteiger partial charge in [0.05, 0.1) is 5.56 Å². The SMILES string of the molecule is CCC(=O)N1CCC(NC(=NC)NCC2(c3cccc(C(F)(F)F)c3)CC2)C1.I. The van der Waals surface area contributed by atoms with Crippen LogP contribution in [0.2, 0.25) is 0 Å². The van der Waals surface area contributed by atoms with Crippen molar-refractivity contribution in [2.45, 2.75) is 50.2 Å². The van der Waals surface area contributed by atoms with E-state index < -0.39 is 11.7 Å². The minimum Gasteiger partial charge on any atom is -0.356 e. The van der Waals surface area contributed by atoms with E-state index in [4.69, 9.17) is 0 Å². The number of carbonyl (C=O) groups excluding carboxylic acids is 1. The van der Waals surface area contributed by atoms with E-state index in [0.29, 0.717) is 31.0 Å². The summed E-state index contributed by atoms with van der Waals surface area (Å²) in [5, 5.41) is 6.60. The van der Waals surface area contributed by atoms with Crippen LogP contribution >= 0.6 is 24.0 Å². The zero-order valence-electron chi connectivity index (χ0n) is 16.7. The molecule has 1 aromatic rings. The van der Waals surface area contributed by atoms with Crippen molar-refractivity contribution in [1.82, 2.24) is 15.5 Å². The maximum atomic E-state index is 13.0. The highest BCUT2D eigenvalue weighted by molar-refractivity contribution is 14.0. The average molecular weight is 524 g/mol. The third kappa shape index (κ3) is 5.76. The molecule has 9 heteroatoms. The van der Waals surface area contributed by atoms with Crippen molar-refractivity contribution in [1.29, 1.82) is 0 Å². The van der Waals surface area contributed by atoms with Gasteiger partial charge in [-0.25, -0.2) is 0 Å². The highest BCUT2D eigenvalue weighted by Gasteiger charge is 2.45. The Kier molecular flexibility index (Phi) is 7.80. The zero-order chi connectivity index (χ0) is 20.4. The molecule has 3 rings (SSSR count). The maximum Gasteiger partial charge on any atom is 0.416 e.